The van der Waals surface area contributed by atoms with Gasteiger partial charge in [-0.2, -0.15) is 0 Å². The van der Waals surface area contributed by atoms with Crippen LogP contribution in [-0.4, -0.2) is 36.1 Å². The first kappa shape index (κ1) is 15.7. The van der Waals surface area contributed by atoms with E-state index in [0.29, 0.717) is 5.69 Å². The first-order chi connectivity index (χ1) is 10.2. The van der Waals surface area contributed by atoms with Crippen molar-refractivity contribution in [3.8, 4) is 5.75 Å². The van der Waals surface area contributed by atoms with E-state index >= 15 is 0 Å². The number of hydrogen-bond donors (Lipinski definition) is 0. The smallest absolute Gasteiger partial charge is 0.344 e. The lowest BCUT2D eigenvalue weighted by atomic mass is 9.98. The number of benzene rings is 1. The highest BCUT2D eigenvalue weighted by molar-refractivity contribution is 6.00. The van der Waals surface area contributed by atoms with E-state index in [-0.39, 0.29) is 23.8 Å². The van der Waals surface area contributed by atoms with Crippen LogP contribution in [0.25, 0.3) is 0 Å². The molecule has 0 atom stereocenters. The molecule has 0 spiro atoms. The van der Waals surface area contributed by atoms with Gasteiger partial charge in [-0.3, -0.25) is 14.9 Å². The molecule has 0 aromatic heterocycles. The summed E-state index contributed by atoms with van der Waals surface area (Å²) in [4.78, 5) is 35.7. The molecule has 1 aromatic rings. The number of hydrogen-bond acceptors (Lipinski definition) is 6. The predicted molar refractivity (Wildman–Crippen MR) is 77.2 cm³/mol. The Morgan fingerprint density at radius 2 is 2.05 bits per heavy atom. The molecule has 1 aliphatic rings. The van der Waals surface area contributed by atoms with E-state index in [1.807, 2.05) is 0 Å². The molecule has 0 N–H and O–H groups in total. The second-order valence-electron chi connectivity index (χ2n) is 5.54. The van der Waals surface area contributed by atoms with Gasteiger partial charge in [0.1, 0.15) is 17.9 Å². The number of amides is 1. The SMILES string of the molecule is COC(=O)c1cc2c(cc1[N+](=O)[O-])OCC(C)(C)N2C(C)=O. The molecule has 0 unspecified atom stereocenters. The summed E-state index contributed by atoms with van der Waals surface area (Å²) in [7, 11) is 1.13. The van der Waals surface area contributed by atoms with Gasteiger partial charge >= 0.3 is 5.97 Å². The third kappa shape index (κ3) is 2.47. The highest BCUT2D eigenvalue weighted by Gasteiger charge is 2.39. The first-order valence-electron chi connectivity index (χ1n) is 6.53. The Labute approximate surface area is 126 Å². The molecule has 8 nitrogen and oxygen atoms in total. The summed E-state index contributed by atoms with van der Waals surface area (Å²) in [5, 5.41) is 11.1. The van der Waals surface area contributed by atoms with E-state index in [4.69, 9.17) is 4.74 Å². The van der Waals surface area contributed by atoms with E-state index in [1.54, 1.807) is 13.8 Å². The minimum absolute atomic E-state index is 0.189. The summed E-state index contributed by atoms with van der Waals surface area (Å²) in [6, 6.07) is 2.41. The molecule has 0 fully saturated rings. The molecule has 1 aliphatic heterocycles. The lowest BCUT2D eigenvalue weighted by Crippen LogP contribution is -2.53. The van der Waals surface area contributed by atoms with E-state index in [1.165, 1.54) is 17.9 Å². The van der Waals surface area contributed by atoms with Crippen molar-refractivity contribution in [1.82, 2.24) is 0 Å². The van der Waals surface area contributed by atoms with Crippen LogP contribution in [0.2, 0.25) is 0 Å². The number of carbonyl (C=O) groups is 2. The van der Waals surface area contributed by atoms with Crippen LogP contribution < -0.4 is 9.64 Å². The third-order valence-corrected chi connectivity index (χ3v) is 3.42. The molecule has 0 radical (unpaired) electrons. The number of fused-ring (bicyclic) bond motifs is 1. The summed E-state index contributed by atoms with van der Waals surface area (Å²) in [5.41, 5.74) is -0.968. The van der Waals surface area contributed by atoms with E-state index in [9.17, 15) is 19.7 Å². The zero-order valence-electron chi connectivity index (χ0n) is 12.7. The summed E-state index contributed by atoms with van der Waals surface area (Å²) in [5.74, 6) is -0.908. The minimum Gasteiger partial charge on any atom is -0.489 e. The largest absolute Gasteiger partial charge is 0.489 e. The summed E-state index contributed by atoms with van der Waals surface area (Å²) in [6.07, 6.45) is 0. The van der Waals surface area contributed by atoms with Crippen LogP contribution in [0.3, 0.4) is 0 Å². The quantitative estimate of drug-likeness (QED) is 0.470. The second kappa shape index (κ2) is 5.28. The van der Waals surface area contributed by atoms with E-state index in [0.717, 1.165) is 13.2 Å². The molecule has 22 heavy (non-hydrogen) atoms. The lowest BCUT2D eigenvalue weighted by molar-refractivity contribution is -0.385. The Balaban J connectivity index is 2.71. The van der Waals surface area contributed by atoms with E-state index < -0.39 is 22.1 Å². The summed E-state index contributed by atoms with van der Waals surface area (Å²) in [6.45, 7) is 5.18. The molecule has 2 rings (SSSR count). The first-order valence-corrected chi connectivity index (χ1v) is 6.53. The average Bonchev–Trinajstić information content (AvgIpc) is 2.43. The monoisotopic (exact) mass is 308 g/mol. The van der Waals surface area contributed by atoms with E-state index in [2.05, 4.69) is 4.74 Å². The van der Waals surface area contributed by atoms with Crippen molar-refractivity contribution < 1.29 is 24.0 Å². The van der Waals surface area contributed by atoms with Gasteiger partial charge in [0.2, 0.25) is 5.91 Å². The van der Waals surface area contributed by atoms with Gasteiger partial charge in [-0.1, -0.05) is 0 Å². The van der Waals surface area contributed by atoms with Gasteiger partial charge in [0.25, 0.3) is 5.69 Å². The minimum atomic E-state index is -0.846. The molecule has 0 saturated heterocycles. The van der Waals surface area contributed by atoms with Crippen molar-refractivity contribution in [3.05, 3.63) is 27.8 Å². The molecular weight excluding hydrogens is 292 g/mol. The topological polar surface area (TPSA) is 99.0 Å². The lowest BCUT2D eigenvalue weighted by Gasteiger charge is -2.42. The van der Waals surface area contributed by atoms with Gasteiger partial charge in [0.15, 0.2) is 0 Å². The predicted octanol–water partition coefficient (Wildman–Crippen LogP) is 1.91. The fraction of sp³-hybridized carbons (Fsp3) is 0.429. The number of esters is 1. The van der Waals surface area contributed by atoms with Gasteiger partial charge in [-0.25, -0.2) is 4.79 Å². The molecule has 1 heterocycles. The Morgan fingerprint density at radius 1 is 1.41 bits per heavy atom. The number of methoxy groups -OCH3 is 1. The zero-order valence-corrected chi connectivity index (χ0v) is 12.7. The normalized spacial score (nSPS) is 15.5. The Kier molecular flexibility index (Phi) is 3.78. The van der Waals surface area contributed by atoms with Crippen molar-refractivity contribution in [2.45, 2.75) is 26.3 Å². The van der Waals surface area contributed by atoms with Crippen molar-refractivity contribution in [3.63, 3.8) is 0 Å². The van der Waals surface area contributed by atoms with Gasteiger partial charge in [0, 0.05) is 6.92 Å². The summed E-state index contributed by atoms with van der Waals surface area (Å²) < 4.78 is 10.1. The number of anilines is 1. The number of carbonyl (C=O) groups excluding carboxylic acids is 2. The van der Waals surface area contributed by atoms with Gasteiger partial charge in [-0.15, -0.1) is 0 Å². The maximum atomic E-state index is 12.0. The molecule has 118 valence electrons. The standard InChI is InChI=1S/C14H16N2O6/c1-8(17)15-11-5-9(13(18)21-4)10(16(19)20)6-12(11)22-7-14(15,2)3/h5-6H,7H2,1-4H3. The Bertz CT molecular complexity index is 668. The number of rotatable bonds is 2. The van der Waals surface area contributed by atoms with Crippen LogP contribution in [0.5, 0.6) is 5.75 Å². The highest BCUT2D eigenvalue weighted by Crippen LogP contribution is 2.42. The Hall–Kier alpha value is -2.64. The van der Waals surface area contributed by atoms with Crippen LogP contribution in [-0.2, 0) is 9.53 Å². The van der Waals surface area contributed by atoms with Gasteiger partial charge in [-0.05, 0) is 19.9 Å². The fourth-order valence-electron chi connectivity index (χ4n) is 2.51. The maximum absolute atomic E-state index is 12.0. The van der Waals surface area contributed by atoms with Gasteiger partial charge in [0.05, 0.1) is 29.3 Å². The molecule has 0 bridgehead atoms. The number of nitrogens with zero attached hydrogens (tertiary/aromatic N) is 2. The van der Waals surface area contributed by atoms with Crippen molar-refractivity contribution in [2.24, 2.45) is 0 Å². The van der Waals surface area contributed by atoms with Crippen LogP contribution >= 0.6 is 0 Å². The van der Waals surface area contributed by atoms with Crippen molar-refractivity contribution in [1.29, 1.82) is 0 Å². The summed E-state index contributed by atoms with van der Waals surface area (Å²) >= 11 is 0. The molecule has 0 aliphatic carbocycles. The zero-order chi connectivity index (χ0) is 16.7. The van der Waals surface area contributed by atoms with Crippen molar-refractivity contribution in [2.75, 3.05) is 18.6 Å². The number of nitro groups is 1. The number of nitro benzene ring substituents is 1. The molecular formula is C14H16N2O6. The van der Waals surface area contributed by atoms with Crippen LogP contribution in [0, 0.1) is 10.1 Å². The van der Waals surface area contributed by atoms with Crippen molar-refractivity contribution >= 4 is 23.3 Å². The van der Waals surface area contributed by atoms with Crippen LogP contribution in [0.4, 0.5) is 11.4 Å². The highest BCUT2D eigenvalue weighted by atomic mass is 16.6. The van der Waals surface area contributed by atoms with Gasteiger partial charge < -0.3 is 14.4 Å². The number of ether oxygens (including phenoxy) is 2. The molecule has 1 amide bonds. The Morgan fingerprint density at radius 3 is 2.55 bits per heavy atom. The van der Waals surface area contributed by atoms with Crippen LogP contribution in [0.1, 0.15) is 31.1 Å². The fourth-order valence-corrected chi connectivity index (χ4v) is 2.51. The second-order valence-corrected chi connectivity index (χ2v) is 5.54. The average molecular weight is 308 g/mol. The third-order valence-electron chi connectivity index (χ3n) is 3.42. The molecule has 1 aromatic carbocycles. The maximum Gasteiger partial charge on any atom is 0.344 e. The molecule has 8 heteroatoms. The van der Waals surface area contributed by atoms with Crippen LogP contribution in [0.15, 0.2) is 12.1 Å². The molecule has 0 saturated carbocycles.